The Morgan fingerprint density at radius 2 is 2.05 bits per heavy atom. The first-order valence-electron chi connectivity index (χ1n) is 6.96. The van der Waals surface area contributed by atoms with E-state index in [-0.39, 0.29) is 11.5 Å². The maximum atomic E-state index is 13.0. The molecule has 3 N–H and O–H groups in total. The molecule has 4 nitrogen and oxygen atoms in total. The van der Waals surface area contributed by atoms with E-state index in [9.17, 15) is 23.1 Å². The summed E-state index contributed by atoms with van der Waals surface area (Å²) in [5, 5.41) is 9.83. The van der Waals surface area contributed by atoms with E-state index in [2.05, 4.69) is 0 Å². The smallest absolute Gasteiger partial charge is 0.421 e. The van der Waals surface area contributed by atoms with E-state index in [0.717, 1.165) is 6.08 Å². The normalized spacial score (nSPS) is 28.2. The van der Waals surface area contributed by atoms with Gasteiger partial charge < -0.3 is 15.6 Å². The quantitative estimate of drug-likeness (QED) is 0.834. The van der Waals surface area contributed by atoms with E-state index in [4.69, 9.17) is 10.5 Å². The zero-order valence-corrected chi connectivity index (χ0v) is 13.1. The Bertz CT molecular complexity index is 495. The monoisotopic (exact) mass is 321 g/mol. The van der Waals surface area contributed by atoms with Crippen molar-refractivity contribution in [2.75, 3.05) is 0 Å². The highest BCUT2D eigenvalue weighted by atomic mass is 19.4. The van der Waals surface area contributed by atoms with E-state index < -0.39 is 29.4 Å². The van der Waals surface area contributed by atoms with Crippen LogP contribution in [0.25, 0.3) is 0 Å². The third-order valence-corrected chi connectivity index (χ3v) is 3.79. The number of aliphatic hydroxyl groups is 1. The van der Waals surface area contributed by atoms with Crippen LogP contribution in [-0.4, -0.2) is 29.1 Å². The van der Waals surface area contributed by atoms with Crippen molar-refractivity contribution in [3.8, 4) is 0 Å². The van der Waals surface area contributed by atoms with Gasteiger partial charge in [-0.3, -0.25) is 0 Å². The third-order valence-electron chi connectivity index (χ3n) is 3.79. The molecule has 0 aromatic carbocycles. The number of carbonyl (C=O) groups is 1. The van der Waals surface area contributed by atoms with Crippen molar-refractivity contribution in [2.24, 2.45) is 17.1 Å². The minimum atomic E-state index is -4.81. The zero-order chi connectivity index (χ0) is 17.3. The van der Waals surface area contributed by atoms with Crippen LogP contribution >= 0.6 is 0 Å². The second-order valence-electron chi connectivity index (χ2n) is 6.49. The van der Waals surface area contributed by atoms with Crippen LogP contribution in [0.5, 0.6) is 0 Å². The molecular formula is C15H22F3NO3. The number of nitrogens with two attached hydrogens (primary N) is 1. The molecular weight excluding hydrogens is 299 g/mol. The lowest BCUT2D eigenvalue weighted by atomic mass is 9.71. The van der Waals surface area contributed by atoms with Crippen molar-refractivity contribution in [3.05, 3.63) is 23.8 Å². The number of ether oxygens (including phenoxy) is 1. The molecule has 0 saturated carbocycles. The van der Waals surface area contributed by atoms with Crippen molar-refractivity contribution in [2.45, 2.75) is 52.0 Å². The molecule has 0 bridgehead atoms. The molecule has 0 spiro atoms. The lowest BCUT2D eigenvalue weighted by Crippen LogP contribution is -2.46. The minimum Gasteiger partial charge on any atom is -0.441 e. The summed E-state index contributed by atoms with van der Waals surface area (Å²) in [6, 6.07) is 0. The molecule has 0 aromatic rings. The molecule has 0 saturated heterocycles. The molecule has 0 aliphatic heterocycles. The Kier molecular flexibility index (Phi) is 5.01. The van der Waals surface area contributed by atoms with E-state index in [1.807, 2.05) is 13.8 Å². The molecule has 0 fully saturated rings. The molecule has 1 aliphatic carbocycles. The summed E-state index contributed by atoms with van der Waals surface area (Å²) < 4.78 is 44.0. The molecule has 3 atom stereocenters. The molecule has 1 amide bonds. The molecule has 126 valence electrons. The molecule has 1 aliphatic rings. The first kappa shape index (κ1) is 18.5. The summed E-state index contributed by atoms with van der Waals surface area (Å²) in [5.74, 6) is 0.142. The van der Waals surface area contributed by atoms with Crippen molar-refractivity contribution in [1.82, 2.24) is 0 Å². The number of rotatable bonds is 4. The van der Waals surface area contributed by atoms with Crippen LogP contribution < -0.4 is 5.73 Å². The van der Waals surface area contributed by atoms with Gasteiger partial charge in [0.2, 0.25) is 0 Å². The van der Waals surface area contributed by atoms with Gasteiger partial charge in [-0.2, -0.15) is 13.2 Å². The standard InChI is InChI=1S/C15H22F3NO3/c1-9(2)7-13(3)8-10(14(4,21)15(16,17)18)5-6-11(13)22-12(19)20/h5-6,8-9,11,21H,7H2,1-4H3,(H2,19,20). The Balaban J connectivity index is 3.25. The van der Waals surface area contributed by atoms with Gasteiger partial charge in [-0.1, -0.05) is 32.9 Å². The van der Waals surface area contributed by atoms with Gasteiger partial charge in [-0.05, 0) is 30.9 Å². The Hall–Kier alpha value is -1.50. The summed E-state index contributed by atoms with van der Waals surface area (Å²) >= 11 is 0. The summed E-state index contributed by atoms with van der Waals surface area (Å²) in [6.07, 6.45) is -2.32. The number of halogens is 3. The maximum absolute atomic E-state index is 13.0. The number of amides is 1. The minimum absolute atomic E-state index is 0.142. The van der Waals surface area contributed by atoms with Crippen LogP contribution in [0.2, 0.25) is 0 Å². The molecule has 0 aromatic heterocycles. The molecule has 1 rings (SSSR count). The first-order valence-corrected chi connectivity index (χ1v) is 6.96. The maximum Gasteiger partial charge on any atom is 0.421 e. The number of carbonyl (C=O) groups excluding carboxylic acids is 1. The number of hydrogen-bond donors (Lipinski definition) is 2. The second-order valence-corrected chi connectivity index (χ2v) is 6.49. The summed E-state index contributed by atoms with van der Waals surface area (Å²) in [7, 11) is 0. The molecule has 0 radical (unpaired) electrons. The van der Waals surface area contributed by atoms with Gasteiger partial charge in [-0.15, -0.1) is 0 Å². The van der Waals surface area contributed by atoms with Crippen molar-refractivity contribution in [1.29, 1.82) is 0 Å². The largest absolute Gasteiger partial charge is 0.441 e. The Morgan fingerprint density at radius 1 is 1.50 bits per heavy atom. The second kappa shape index (κ2) is 5.95. The van der Waals surface area contributed by atoms with Gasteiger partial charge in [0.25, 0.3) is 0 Å². The highest BCUT2D eigenvalue weighted by Crippen LogP contribution is 2.44. The zero-order valence-electron chi connectivity index (χ0n) is 13.1. The first-order chi connectivity index (χ1) is 9.79. The average Bonchev–Trinajstić information content (AvgIpc) is 2.28. The van der Waals surface area contributed by atoms with E-state index in [1.54, 1.807) is 6.92 Å². The average molecular weight is 321 g/mol. The SMILES string of the molecule is CC(C)CC1(C)C=C(C(C)(O)C(F)(F)F)C=CC1OC(N)=O. The predicted molar refractivity (Wildman–Crippen MR) is 75.9 cm³/mol. The molecule has 0 heterocycles. The van der Waals surface area contributed by atoms with Crippen LogP contribution in [0, 0.1) is 11.3 Å². The van der Waals surface area contributed by atoms with Gasteiger partial charge in [-0.25, -0.2) is 4.79 Å². The lowest BCUT2D eigenvalue weighted by Gasteiger charge is -2.39. The summed E-state index contributed by atoms with van der Waals surface area (Å²) in [4.78, 5) is 11.0. The van der Waals surface area contributed by atoms with Gasteiger partial charge >= 0.3 is 12.3 Å². The summed E-state index contributed by atoms with van der Waals surface area (Å²) in [5.41, 5.74) is 0.890. The number of primary amides is 1. The molecule has 22 heavy (non-hydrogen) atoms. The van der Waals surface area contributed by atoms with E-state index >= 15 is 0 Å². The Morgan fingerprint density at radius 3 is 2.45 bits per heavy atom. The van der Waals surface area contributed by atoms with Crippen LogP contribution in [-0.2, 0) is 4.74 Å². The highest BCUT2D eigenvalue weighted by Gasteiger charge is 2.53. The topological polar surface area (TPSA) is 72.6 Å². The van der Waals surface area contributed by atoms with Gasteiger partial charge in [0.15, 0.2) is 5.60 Å². The van der Waals surface area contributed by atoms with E-state index in [0.29, 0.717) is 13.3 Å². The lowest BCUT2D eigenvalue weighted by molar-refractivity contribution is -0.236. The van der Waals surface area contributed by atoms with Crippen molar-refractivity contribution < 1.29 is 27.8 Å². The fraction of sp³-hybridized carbons (Fsp3) is 0.667. The number of hydrogen-bond acceptors (Lipinski definition) is 3. The van der Waals surface area contributed by atoms with Crippen LogP contribution in [0.3, 0.4) is 0 Å². The summed E-state index contributed by atoms with van der Waals surface area (Å²) in [6.45, 7) is 6.19. The molecule has 3 unspecified atom stereocenters. The Labute approximate surface area is 127 Å². The highest BCUT2D eigenvalue weighted by molar-refractivity contribution is 5.65. The van der Waals surface area contributed by atoms with Gasteiger partial charge in [0.1, 0.15) is 6.10 Å². The van der Waals surface area contributed by atoms with Crippen LogP contribution in [0.4, 0.5) is 18.0 Å². The van der Waals surface area contributed by atoms with Crippen LogP contribution in [0.1, 0.15) is 34.1 Å². The fourth-order valence-electron chi connectivity index (χ4n) is 2.72. The fourth-order valence-corrected chi connectivity index (χ4v) is 2.72. The molecule has 7 heteroatoms. The number of alkyl halides is 3. The van der Waals surface area contributed by atoms with Crippen molar-refractivity contribution in [3.63, 3.8) is 0 Å². The van der Waals surface area contributed by atoms with Crippen LogP contribution in [0.15, 0.2) is 23.8 Å². The van der Waals surface area contributed by atoms with Gasteiger partial charge in [0.05, 0.1) is 0 Å². The van der Waals surface area contributed by atoms with E-state index in [1.165, 1.54) is 12.2 Å². The van der Waals surface area contributed by atoms with Gasteiger partial charge in [0, 0.05) is 5.41 Å². The van der Waals surface area contributed by atoms with Crippen molar-refractivity contribution >= 4 is 6.09 Å². The predicted octanol–water partition coefficient (Wildman–Crippen LogP) is 3.31. The third kappa shape index (κ3) is 3.82.